The van der Waals surface area contributed by atoms with Crippen LogP contribution in [0, 0.1) is 11.8 Å². The Labute approximate surface area is 111 Å². The summed E-state index contributed by atoms with van der Waals surface area (Å²) in [6.45, 7) is 17.0. The first-order chi connectivity index (χ1) is 8.05. The first-order valence-corrected chi connectivity index (χ1v) is 7.19. The SMILES string of the molecule is CC1CC1C.CC=CC.CC=CC.CCCC. The summed E-state index contributed by atoms with van der Waals surface area (Å²) in [6.07, 6.45) is 12.1. The van der Waals surface area contributed by atoms with Crippen molar-refractivity contribution in [1.29, 1.82) is 0 Å². The molecular weight excluding hydrogens is 204 g/mol. The largest absolute Gasteiger partial charge is 0.0919 e. The van der Waals surface area contributed by atoms with Crippen LogP contribution >= 0.6 is 0 Å². The quantitative estimate of drug-likeness (QED) is 0.451. The predicted molar refractivity (Wildman–Crippen MR) is 84.5 cm³/mol. The van der Waals surface area contributed by atoms with Gasteiger partial charge in [-0.25, -0.2) is 0 Å². The van der Waals surface area contributed by atoms with Crippen LogP contribution in [0.3, 0.4) is 0 Å². The molecule has 2 unspecified atom stereocenters. The van der Waals surface area contributed by atoms with Gasteiger partial charge in [-0.3, -0.25) is 0 Å². The standard InChI is InChI=1S/C5H10.C4H10.2C4H8/c1-4-3-5(4)2;3*1-3-4-2/h4-5H,3H2,1-2H3;3-4H2,1-2H3;2*3-4H,1-2H3. The van der Waals surface area contributed by atoms with E-state index in [1.54, 1.807) is 0 Å². The van der Waals surface area contributed by atoms with Gasteiger partial charge in [-0.15, -0.1) is 0 Å². The highest BCUT2D eigenvalue weighted by molar-refractivity contribution is 4.76. The van der Waals surface area contributed by atoms with Crippen LogP contribution < -0.4 is 0 Å². The zero-order valence-corrected chi connectivity index (χ0v) is 13.6. The van der Waals surface area contributed by atoms with Crippen LogP contribution in [0.2, 0.25) is 0 Å². The van der Waals surface area contributed by atoms with Crippen LogP contribution in [0.1, 0.15) is 74.7 Å². The summed E-state index contributed by atoms with van der Waals surface area (Å²) in [5.74, 6) is 2.10. The third kappa shape index (κ3) is 39.1. The Morgan fingerprint density at radius 1 is 0.706 bits per heavy atom. The molecule has 1 saturated carbocycles. The molecule has 1 aliphatic rings. The molecule has 0 aromatic carbocycles. The van der Waals surface area contributed by atoms with Crippen molar-refractivity contribution < 1.29 is 0 Å². The van der Waals surface area contributed by atoms with Gasteiger partial charge in [0.15, 0.2) is 0 Å². The van der Waals surface area contributed by atoms with E-state index in [0.717, 1.165) is 11.8 Å². The van der Waals surface area contributed by atoms with E-state index in [0.29, 0.717) is 0 Å². The summed E-state index contributed by atoms with van der Waals surface area (Å²) in [7, 11) is 0. The van der Waals surface area contributed by atoms with Crippen LogP contribution in [-0.4, -0.2) is 0 Å². The first kappa shape index (κ1) is 21.7. The monoisotopic (exact) mass is 240 g/mol. The fourth-order valence-corrected chi connectivity index (χ4v) is 0.508. The lowest BCUT2D eigenvalue weighted by atomic mass is 10.4. The zero-order valence-electron chi connectivity index (χ0n) is 13.6. The molecule has 0 aromatic rings. The molecule has 104 valence electrons. The molecule has 0 bridgehead atoms. The summed E-state index contributed by atoms with van der Waals surface area (Å²) in [5, 5.41) is 0. The normalized spacial score (nSPS) is 20.7. The van der Waals surface area contributed by atoms with Gasteiger partial charge in [0, 0.05) is 0 Å². The van der Waals surface area contributed by atoms with Crippen LogP contribution in [0.25, 0.3) is 0 Å². The molecule has 0 aliphatic heterocycles. The Bertz CT molecular complexity index is 127. The van der Waals surface area contributed by atoms with Gasteiger partial charge in [0.25, 0.3) is 0 Å². The smallest absolute Gasteiger partial charge is 0.0414 e. The van der Waals surface area contributed by atoms with E-state index in [-0.39, 0.29) is 0 Å². The molecule has 0 heterocycles. The van der Waals surface area contributed by atoms with Crippen LogP contribution in [0.15, 0.2) is 24.3 Å². The van der Waals surface area contributed by atoms with Gasteiger partial charge in [-0.1, -0.05) is 64.8 Å². The molecule has 0 N–H and O–H groups in total. The molecule has 1 rings (SSSR count). The van der Waals surface area contributed by atoms with E-state index in [9.17, 15) is 0 Å². The van der Waals surface area contributed by atoms with E-state index in [1.165, 1.54) is 19.3 Å². The lowest BCUT2D eigenvalue weighted by Crippen LogP contribution is -1.58. The van der Waals surface area contributed by atoms with E-state index in [1.807, 2.05) is 52.0 Å². The minimum absolute atomic E-state index is 1.05. The Morgan fingerprint density at radius 2 is 0.882 bits per heavy atom. The second-order valence-corrected chi connectivity index (χ2v) is 4.52. The molecule has 2 atom stereocenters. The Balaban J connectivity index is -0.000000155. The van der Waals surface area contributed by atoms with Crippen molar-refractivity contribution in [1.82, 2.24) is 0 Å². The van der Waals surface area contributed by atoms with E-state index < -0.39 is 0 Å². The maximum atomic E-state index is 2.30. The fourth-order valence-electron chi connectivity index (χ4n) is 0.508. The van der Waals surface area contributed by atoms with Crippen LogP contribution in [0.5, 0.6) is 0 Å². The van der Waals surface area contributed by atoms with Gasteiger partial charge in [0.2, 0.25) is 0 Å². The highest BCUT2D eigenvalue weighted by atomic mass is 14.3. The number of rotatable bonds is 1. The maximum absolute atomic E-state index is 2.30. The van der Waals surface area contributed by atoms with Gasteiger partial charge < -0.3 is 0 Å². The summed E-state index contributed by atoms with van der Waals surface area (Å²) in [5.41, 5.74) is 0. The topological polar surface area (TPSA) is 0 Å². The predicted octanol–water partition coefficient (Wildman–Crippen LogP) is 6.63. The van der Waals surface area contributed by atoms with Gasteiger partial charge in [-0.2, -0.15) is 0 Å². The highest BCUT2D eigenvalue weighted by Crippen LogP contribution is 2.36. The first-order valence-electron chi connectivity index (χ1n) is 7.19. The number of allylic oxidation sites excluding steroid dienone is 4. The third-order valence-corrected chi connectivity index (χ3v) is 2.68. The van der Waals surface area contributed by atoms with Gasteiger partial charge >= 0.3 is 0 Å². The lowest BCUT2D eigenvalue weighted by Gasteiger charge is -1.68. The molecular formula is C17H36. The molecule has 17 heavy (non-hydrogen) atoms. The second-order valence-electron chi connectivity index (χ2n) is 4.52. The minimum Gasteiger partial charge on any atom is -0.0919 e. The molecule has 1 aliphatic carbocycles. The highest BCUT2D eigenvalue weighted by Gasteiger charge is 2.26. The van der Waals surface area contributed by atoms with Crippen molar-refractivity contribution >= 4 is 0 Å². The fraction of sp³-hybridized carbons (Fsp3) is 0.765. The van der Waals surface area contributed by atoms with Crippen molar-refractivity contribution in [2.75, 3.05) is 0 Å². The lowest BCUT2D eigenvalue weighted by molar-refractivity contribution is 0.834. The van der Waals surface area contributed by atoms with Gasteiger partial charge in [0.1, 0.15) is 0 Å². The van der Waals surface area contributed by atoms with Crippen molar-refractivity contribution in [3.63, 3.8) is 0 Å². The average molecular weight is 240 g/mol. The van der Waals surface area contributed by atoms with Crippen LogP contribution in [-0.2, 0) is 0 Å². The Kier molecular flexibility index (Phi) is 26.6. The molecule has 1 fully saturated rings. The number of unbranched alkanes of at least 4 members (excludes halogenated alkanes) is 1. The van der Waals surface area contributed by atoms with Gasteiger partial charge in [-0.05, 0) is 46.0 Å². The molecule has 0 radical (unpaired) electrons. The maximum Gasteiger partial charge on any atom is -0.0414 e. The number of hydrogen-bond donors (Lipinski definition) is 0. The summed E-state index contributed by atoms with van der Waals surface area (Å²) in [6, 6.07) is 0. The second kappa shape index (κ2) is 20.8. The molecule has 0 nitrogen and oxygen atoms in total. The molecule has 0 saturated heterocycles. The van der Waals surface area contributed by atoms with Crippen molar-refractivity contribution in [2.45, 2.75) is 74.7 Å². The minimum atomic E-state index is 1.05. The average Bonchev–Trinajstić information content (AvgIpc) is 3.03. The molecule has 0 amide bonds. The Hall–Kier alpha value is -0.520. The third-order valence-electron chi connectivity index (χ3n) is 2.68. The Morgan fingerprint density at radius 3 is 0.882 bits per heavy atom. The van der Waals surface area contributed by atoms with E-state index >= 15 is 0 Å². The summed E-state index contributed by atoms with van der Waals surface area (Å²) < 4.78 is 0. The number of hydrogen-bond acceptors (Lipinski definition) is 0. The van der Waals surface area contributed by atoms with Crippen LogP contribution in [0.4, 0.5) is 0 Å². The van der Waals surface area contributed by atoms with Crippen molar-refractivity contribution in [3.8, 4) is 0 Å². The van der Waals surface area contributed by atoms with Crippen molar-refractivity contribution in [2.24, 2.45) is 11.8 Å². The van der Waals surface area contributed by atoms with E-state index in [4.69, 9.17) is 0 Å². The summed E-state index contributed by atoms with van der Waals surface area (Å²) in [4.78, 5) is 0. The molecule has 0 heteroatoms. The van der Waals surface area contributed by atoms with Crippen molar-refractivity contribution in [3.05, 3.63) is 24.3 Å². The molecule has 0 aromatic heterocycles. The zero-order chi connectivity index (χ0) is 14.1. The molecule has 0 spiro atoms. The van der Waals surface area contributed by atoms with Gasteiger partial charge in [0.05, 0.1) is 0 Å². The van der Waals surface area contributed by atoms with E-state index in [2.05, 4.69) is 27.7 Å². The summed E-state index contributed by atoms with van der Waals surface area (Å²) >= 11 is 0.